The van der Waals surface area contributed by atoms with Crippen LogP contribution in [0.15, 0.2) is 0 Å². The normalized spacial score (nSPS) is 13.4. The third-order valence-electron chi connectivity index (χ3n) is 1.21. The second-order valence-corrected chi connectivity index (χ2v) is 3.61. The topological polar surface area (TPSA) is 135 Å². The summed E-state index contributed by atoms with van der Waals surface area (Å²) in [5.41, 5.74) is 0. The first-order chi connectivity index (χ1) is 6.40. The van der Waals surface area contributed by atoms with E-state index in [2.05, 4.69) is 0 Å². The van der Waals surface area contributed by atoms with E-state index in [1.165, 1.54) is 0 Å². The van der Waals surface area contributed by atoms with Crippen LogP contribution in [0.5, 0.6) is 0 Å². The first-order valence-corrected chi connectivity index (χ1v) is 4.81. The Bertz CT molecular complexity index is 295. The maximum atomic E-state index is 10.7. The van der Waals surface area contributed by atoms with Gasteiger partial charge >= 0.3 is 11.9 Å². The van der Waals surface area contributed by atoms with E-state index in [1.54, 1.807) is 0 Å². The van der Waals surface area contributed by atoms with Crippen LogP contribution in [0.4, 0.5) is 0 Å². The highest BCUT2D eigenvalue weighted by Gasteiger charge is 2.32. The predicted octanol–water partition coefficient (Wildman–Crippen LogP) is -2.15. The molecule has 78 valence electrons. The molecule has 2 atom stereocenters. The van der Waals surface area contributed by atoms with Gasteiger partial charge in [0.1, 0.15) is 5.80 Å². The number of carbonyl (C=O) groups excluding carboxylic acids is 1. The first kappa shape index (κ1) is 12.7. The van der Waals surface area contributed by atoms with Gasteiger partial charge in [0.15, 0.2) is 12.3 Å². The van der Waals surface area contributed by atoms with Crippen LogP contribution in [0.25, 0.3) is 0 Å². The number of aliphatic hydroxyl groups is 1. The Hall–Kier alpha value is -1.30. The molecule has 0 heterocycles. The molecule has 0 bridgehead atoms. The van der Waals surface area contributed by atoms with E-state index in [1.807, 2.05) is 0 Å². The minimum absolute atomic E-state index is 0.508. The lowest BCUT2D eigenvalue weighted by Gasteiger charge is -2.01. The fraction of sp³-hybridized carbons (Fsp3) is 0.333. The highest BCUT2D eigenvalue weighted by molar-refractivity contribution is 7.49. The Labute approximate surface area is 79.1 Å². The largest absolute Gasteiger partial charge is 0.629 e. The average Bonchev–Trinajstić information content (AvgIpc) is 2.11. The summed E-state index contributed by atoms with van der Waals surface area (Å²) >= 11 is 0. The minimum Gasteiger partial charge on any atom is -0.629 e. The van der Waals surface area contributed by atoms with Gasteiger partial charge in [-0.1, -0.05) is 0 Å². The number of ketones is 1. The minimum atomic E-state index is -2.39. The van der Waals surface area contributed by atoms with Crippen molar-refractivity contribution in [1.29, 1.82) is 0 Å². The second kappa shape index (κ2) is 5.43. The van der Waals surface area contributed by atoms with Crippen molar-refractivity contribution < 1.29 is 34.6 Å². The molecule has 0 aliphatic carbocycles. The van der Waals surface area contributed by atoms with Gasteiger partial charge in [0.2, 0.25) is 0 Å². The smallest absolute Gasteiger partial charge is 0.373 e. The zero-order chi connectivity index (χ0) is 11.3. The number of Topliss-reactive ketones (excluding diaryl/α,β-unsaturated/α-hetero) is 1. The van der Waals surface area contributed by atoms with Crippen LogP contribution in [0.1, 0.15) is 0 Å². The van der Waals surface area contributed by atoms with Gasteiger partial charge in [0.25, 0.3) is 5.78 Å². The van der Waals surface area contributed by atoms with Crippen LogP contribution in [0.3, 0.4) is 0 Å². The van der Waals surface area contributed by atoms with Gasteiger partial charge in [-0.2, -0.15) is 0 Å². The van der Waals surface area contributed by atoms with Crippen molar-refractivity contribution >= 4 is 31.3 Å². The molecule has 0 spiro atoms. The second-order valence-electron chi connectivity index (χ2n) is 2.19. The van der Waals surface area contributed by atoms with Gasteiger partial charge in [0.05, 0.1) is 7.77 Å². The SMILES string of the molecule is O=C(O)C(=O)C(C=[P+]([O-])CO)C(=O)O. The van der Waals surface area contributed by atoms with Crippen molar-refractivity contribution in [3.63, 3.8) is 0 Å². The summed E-state index contributed by atoms with van der Waals surface area (Å²) in [4.78, 5) is 41.9. The van der Waals surface area contributed by atoms with Crippen molar-refractivity contribution in [2.24, 2.45) is 5.92 Å². The monoisotopic (exact) mass is 222 g/mol. The van der Waals surface area contributed by atoms with E-state index in [0.29, 0.717) is 5.80 Å². The first-order valence-electron chi connectivity index (χ1n) is 3.29. The van der Waals surface area contributed by atoms with Crippen molar-refractivity contribution in [1.82, 2.24) is 0 Å². The van der Waals surface area contributed by atoms with Gasteiger partial charge in [-0.3, -0.25) is 9.59 Å². The van der Waals surface area contributed by atoms with Gasteiger partial charge in [-0.25, -0.2) is 4.79 Å². The van der Waals surface area contributed by atoms with E-state index in [9.17, 15) is 19.3 Å². The lowest BCUT2D eigenvalue weighted by molar-refractivity contribution is -0.157. The Balaban J connectivity index is 4.88. The van der Waals surface area contributed by atoms with E-state index in [0.717, 1.165) is 0 Å². The number of hydrogen-bond acceptors (Lipinski definition) is 5. The molecule has 0 aromatic heterocycles. The van der Waals surface area contributed by atoms with Crippen LogP contribution in [0.2, 0.25) is 0 Å². The maximum absolute atomic E-state index is 10.7. The van der Waals surface area contributed by atoms with E-state index < -0.39 is 37.8 Å². The van der Waals surface area contributed by atoms with Crippen molar-refractivity contribution in [3.05, 3.63) is 0 Å². The van der Waals surface area contributed by atoms with Gasteiger partial charge in [-0.05, 0) is 0 Å². The summed E-state index contributed by atoms with van der Waals surface area (Å²) in [6.07, 6.45) is -0.827. The summed E-state index contributed by atoms with van der Waals surface area (Å²) in [6.45, 7) is 0. The Morgan fingerprint density at radius 3 is 2.14 bits per heavy atom. The summed E-state index contributed by atoms with van der Waals surface area (Å²) in [5.74, 6) is -6.70. The summed E-state index contributed by atoms with van der Waals surface area (Å²) in [6, 6.07) is 0. The molecule has 0 rings (SSSR count). The number of aliphatic carboxylic acids is 2. The molecule has 0 aliphatic rings. The number of hydrogen-bond donors (Lipinski definition) is 3. The number of carboxylic acid groups (broad SMARTS) is 2. The van der Waals surface area contributed by atoms with Crippen LogP contribution in [0, 0.1) is 5.92 Å². The third-order valence-corrected chi connectivity index (χ3v) is 2.12. The summed E-state index contributed by atoms with van der Waals surface area (Å²) in [7, 11) is -2.39. The molecule has 3 N–H and O–H groups in total. The molecule has 0 radical (unpaired) electrons. The van der Waals surface area contributed by atoms with Crippen LogP contribution < -0.4 is 4.89 Å². The molecule has 0 amide bonds. The van der Waals surface area contributed by atoms with Crippen LogP contribution in [-0.2, 0) is 14.4 Å². The van der Waals surface area contributed by atoms with E-state index >= 15 is 0 Å². The van der Waals surface area contributed by atoms with Crippen molar-refractivity contribution in [2.75, 3.05) is 6.35 Å². The van der Waals surface area contributed by atoms with Crippen LogP contribution >= 0.6 is 7.77 Å². The average molecular weight is 222 g/mol. The Morgan fingerprint density at radius 1 is 1.36 bits per heavy atom. The lowest BCUT2D eigenvalue weighted by atomic mass is 10.1. The number of rotatable bonds is 5. The van der Waals surface area contributed by atoms with E-state index in [-0.39, 0.29) is 0 Å². The number of aliphatic hydroxyl groups excluding tert-OH is 1. The standard InChI is InChI=1S/C6H7O7P/c7-2-14(13)1-3(5(9)10)4(8)6(11)12/h1,3,7H,2H2,(H,9,10)(H,11,12). The molecular formula is C6H7O7P. The zero-order valence-electron chi connectivity index (χ0n) is 6.78. The molecule has 0 saturated carbocycles. The highest BCUT2D eigenvalue weighted by atomic mass is 31.1. The molecule has 0 aromatic rings. The van der Waals surface area contributed by atoms with Gasteiger partial charge in [0, 0.05) is 0 Å². The van der Waals surface area contributed by atoms with Crippen LogP contribution in [-0.4, -0.2) is 45.2 Å². The molecule has 0 aliphatic heterocycles. The van der Waals surface area contributed by atoms with Crippen molar-refractivity contribution in [2.45, 2.75) is 0 Å². The summed E-state index contributed by atoms with van der Waals surface area (Å²) in [5, 5.41) is 24.9. The molecule has 7 nitrogen and oxygen atoms in total. The third kappa shape index (κ3) is 3.61. The molecule has 0 saturated heterocycles. The molecular weight excluding hydrogens is 215 g/mol. The summed E-state index contributed by atoms with van der Waals surface area (Å²) < 4.78 is 0. The lowest BCUT2D eigenvalue weighted by Crippen LogP contribution is -2.31. The van der Waals surface area contributed by atoms with Gasteiger partial charge < -0.3 is 20.2 Å². The Morgan fingerprint density at radius 2 is 1.86 bits per heavy atom. The fourth-order valence-electron chi connectivity index (χ4n) is 0.590. The molecule has 8 heteroatoms. The molecule has 14 heavy (non-hydrogen) atoms. The maximum Gasteiger partial charge on any atom is 0.373 e. The molecule has 0 fully saturated rings. The zero-order valence-corrected chi connectivity index (χ0v) is 7.68. The number of carbonyl (C=O) groups is 3. The highest BCUT2D eigenvalue weighted by Crippen LogP contribution is 2.10. The fourth-order valence-corrected chi connectivity index (χ4v) is 1.28. The Kier molecular flexibility index (Phi) is 4.93. The van der Waals surface area contributed by atoms with E-state index in [4.69, 9.17) is 15.3 Å². The van der Waals surface area contributed by atoms with Gasteiger partial charge in [-0.15, -0.1) is 0 Å². The number of carboxylic acids is 2. The molecule has 0 aromatic carbocycles. The predicted molar refractivity (Wildman–Crippen MR) is 43.8 cm³/mol. The quantitative estimate of drug-likeness (QED) is 0.274. The van der Waals surface area contributed by atoms with Crippen molar-refractivity contribution in [3.8, 4) is 0 Å². The molecule has 2 unspecified atom stereocenters.